The zero-order chi connectivity index (χ0) is 17.4. The van der Waals surface area contributed by atoms with Crippen LogP contribution in [-0.4, -0.2) is 25.3 Å². The number of ether oxygens (including phenoxy) is 1. The number of rotatable bonds is 7. The van der Waals surface area contributed by atoms with Crippen molar-refractivity contribution in [3.05, 3.63) is 52.2 Å². The Labute approximate surface area is 142 Å². The third-order valence-corrected chi connectivity index (χ3v) is 3.98. The molecule has 2 rings (SSSR count). The average Bonchev–Trinajstić information content (AvgIpc) is 3.04. The summed E-state index contributed by atoms with van der Waals surface area (Å²) in [6, 6.07) is 10.5. The van der Waals surface area contributed by atoms with E-state index in [2.05, 4.69) is 10.3 Å². The highest BCUT2D eigenvalue weighted by Crippen LogP contribution is 2.22. The van der Waals surface area contributed by atoms with Crippen molar-refractivity contribution >= 4 is 17.3 Å². The van der Waals surface area contributed by atoms with Crippen LogP contribution in [0.25, 0.3) is 0 Å². The third kappa shape index (κ3) is 6.49. The quantitative estimate of drug-likeness (QED) is 0.590. The minimum absolute atomic E-state index is 0.145. The average molecular weight is 357 g/mol. The summed E-state index contributed by atoms with van der Waals surface area (Å²) in [6.07, 6.45) is -3.54. The van der Waals surface area contributed by atoms with Crippen LogP contribution in [0.15, 0.2) is 46.8 Å². The Morgan fingerprint density at radius 3 is 2.71 bits per heavy atom. The van der Waals surface area contributed by atoms with Crippen molar-refractivity contribution in [1.29, 1.82) is 0 Å². The molecule has 0 aliphatic carbocycles. The van der Waals surface area contributed by atoms with E-state index in [-0.39, 0.29) is 18.3 Å². The van der Waals surface area contributed by atoms with E-state index in [1.807, 2.05) is 17.5 Å². The molecule has 0 amide bonds. The van der Waals surface area contributed by atoms with E-state index >= 15 is 0 Å². The van der Waals surface area contributed by atoms with Crippen LogP contribution in [0.1, 0.15) is 10.4 Å². The smallest absolute Gasteiger partial charge is 0.422 e. The maximum absolute atomic E-state index is 12.3. The van der Waals surface area contributed by atoms with Crippen molar-refractivity contribution in [2.45, 2.75) is 19.1 Å². The number of hydrogen-bond donors (Lipinski definition) is 2. The highest BCUT2D eigenvalue weighted by Gasteiger charge is 2.28. The van der Waals surface area contributed by atoms with E-state index in [9.17, 15) is 13.2 Å². The summed E-state index contributed by atoms with van der Waals surface area (Å²) in [7, 11) is 0. The highest BCUT2D eigenvalue weighted by atomic mass is 32.1. The van der Waals surface area contributed by atoms with Gasteiger partial charge in [0.25, 0.3) is 0 Å². The van der Waals surface area contributed by atoms with Gasteiger partial charge in [-0.3, -0.25) is 0 Å². The SMILES string of the molecule is NC(=NCc1ccccc1OCC(F)(F)F)NCCc1cccs1. The lowest BCUT2D eigenvalue weighted by atomic mass is 10.2. The molecule has 2 aromatic rings. The van der Waals surface area contributed by atoms with E-state index < -0.39 is 12.8 Å². The number of nitrogens with two attached hydrogens (primary N) is 1. The largest absolute Gasteiger partial charge is 0.484 e. The summed E-state index contributed by atoms with van der Waals surface area (Å²) in [5.74, 6) is 0.405. The molecule has 0 aliphatic heterocycles. The second-order valence-electron chi connectivity index (χ2n) is 4.97. The second kappa shape index (κ2) is 8.58. The lowest BCUT2D eigenvalue weighted by Gasteiger charge is -2.12. The van der Waals surface area contributed by atoms with E-state index in [0.29, 0.717) is 12.1 Å². The van der Waals surface area contributed by atoms with E-state index in [1.165, 1.54) is 10.9 Å². The van der Waals surface area contributed by atoms with Crippen LogP contribution in [0, 0.1) is 0 Å². The Morgan fingerprint density at radius 2 is 2.00 bits per heavy atom. The van der Waals surface area contributed by atoms with Crippen molar-refractivity contribution in [3.8, 4) is 5.75 Å². The molecule has 0 fully saturated rings. The zero-order valence-electron chi connectivity index (χ0n) is 12.8. The molecule has 3 N–H and O–H groups in total. The van der Waals surface area contributed by atoms with Gasteiger partial charge in [-0.25, -0.2) is 4.99 Å². The second-order valence-corrected chi connectivity index (χ2v) is 6.00. The molecule has 0 saturated carbocycles. The van der Waals surface area contributed by atoms with Crippen LogP contribution >= 0.6 is 11.3 Å². The molecular formula is C16H18F3N3OS. The molecule has 8 heteroatoms. The summed E-state index contributed by atoms with van der Waals surface area (Å²) in [5, 5.41) is 4.99. The van der Waals surface area contributed by atoms with E-state index in [0.717, 1.165) is 6.42 Å². The number of guanidine groups is 1. The number of aliphatic imine (C=N–C) groups is 1. The van der Waals surface area contributed by atoms with Crippen LogP contribution in [0.3, 0.4) is 0 Å². The molecular weight excluding hydrogens is 339 g/mol. The van der Waals surface area contributed by atoms with Crippen LogP contribution < -0.4 is 15.8 Å². The number of para-hydroxylation sites is 1. The Hall–Kier alpha value is -2.22. The van der Waals surface area contributed by atoms with E-state index in [1.54, 1.807) is 29.5 Å². The topological polar surface area (TPSA) is 59.6 Å². The van der Waals surface area contributed by atoms with Gasteiger partial charge < -0.3 is 15.8 Å². The Kier molecular flexibility index (Phi) is 6.48. The molecule has 0 bridgehead atoms. The highest BCUT2D eigenvalue weighted by molar-refractivity contribution is 7.09. The molecule has 4 nitrogen and oxygen atoms in total. The van der Waals surface area contributed by atoms with Crippen molar-refractivity contribution in [1.82, 2.24) is 5.32 Å². The van der Waals surface area contributed by atoms with Gasteiger partial charge >= 0.3 is 6.18 Å². The summed E-state index contributed by atoms with van der Waals surface area (Å²) in [6.45, 7) is -0.545. The van der Waals surface area contributed by atoms with Gasteiger partial charge in [-0.2, -0.15) is 13.2 Å². The summed E-state index contributed by atoms with van der Waals surface area (Å²) >= 11 is 1.67. The van der Waals surface area contributed by atoms with Gasteiger partial charge in [0.2, 0.25) is 0 Å². The standard InChI is InChI=1S/C16H18F3N3OS/c17-16(18,19)11-23-14-6-2-1-4-12(14)10-22-15(20)21-8-7-13-5-3-9-24-13/h1-6,9H,7-8,10-11H2,(H3,20,21,22). The van der Waals surface area contributed by atoms with Crippen molar-refractivity contribution in [2.75, 3.05) is 13.2 Å². The maximum atomic E-state index is 12.3. The molecule has 0 unspecified atom stereocenters. The predicted molar refractivity (Wildman–Crippen MR) is 89.3 cm³/mol. The molecule has 1 heterocycles. The number of nitrogens with zero attached hydrogens (tertiary/aromatic N) is 1. The minimum atomic E-state index is -4.38. The number of nitrogens with one attached hydrogen (secondary N) is 1. The van der Waals surface area contributed by atoms with Crippen molar-refractivity contribution in [3.63, 3.8) is 0 Å². The first-order valence-corrected chi connectivity index (χ1v) is 8.15. The Balaban J connectivity index is 1.85. The molecule has 130 valence electrons. The number of thiophene rings is 1. The number of benzene rings is 1. The van der Waals surface area contributed by atoms with Crippen LogP contribution in [0.2, 0.25) is 0 Å². The Morgan fingerprint density at radius 1 is 1.21 bits per heavy atom. The maximum Gasteiger partial charge on any atom is 0.422 e. The molecule has 0 atom stereocenters. The summed E-state index contributed by atoms with van der Waals surface area (Å²) in [4.78, 5) is 5.38. The van der Waals surface area contributed by atoms with Gasteiger partial charge in [0.05, 0.1) is 6.54 Å². The fraction of sp³-hybridized carbons (Fsp3) is 0.312. The molecule has 1 aromatic carbocycles. The van der Waals surface area contributed by atoms with Crippen molar-refractivity contribution in [2.24, 2.45) is 10.7 Å². The first kappa shape index (κ1) is 18.1. The van der Waals surface area contributed by atoms with Gasteiger partial charge in [-0.15, -0.1) is 11.3 Å². The van der Waals surface area contributed by atoms with Gasteiger partial charge in [-0.05, 0) is 23.9 Å². The predicted octanol–water partition coefficient (Wildman–Crippen LogP) is 3.34. The van der Waals surface area contributed by atoms with Gasteiger partial charge in [-0.1, -0.05) is 24.3 Å². The van der Waals surface area contributed by atoms with Crippen LogP contribution in [0.5, 0.6) is 5.75 Å². The molecule has 1 aromatic heterocycles. The molecule has 0 saturated heterocycles. The normalized spacial score (nSPS) is 12.2. The number of alkyl halides is 3. The minimum Gasteiger partial charge on any atom is -0.484 e. The number of hydrogen-bond acceptors (Lipinski definition) is 3. The van der Waals surface area contributed by atoms with Gasteiger partial charge in [0.15, 0.2) is 12.6 Å². The molecule has 0 radical (unpaired) electrons. The molecule has 0 aliphatic rings. The lowest BCUT2D eigenvalue weighted by molar-refractivity contribution is -0.153. The summed E-state index contributed by atoms with van der Waals surface area (Å²) < 4.78 is 41.6. The fourth-order valence-corrected chi connectivity index (χ4v) is 2.64. The summed E-state index contributed by atoms with van der Waals surface area (Å²) in [5.41, 5.74) is 6.32. The zero-order valence-corrected chi connectivity index (χ0v) is 13.7. The first-order chi connectivity index (χ1) is 11.4. The third-order valence-electron chi connectivity index (χ3n) is 3.04. The lowest BCUT2D eigenvalue weighted by Crippen LogP contribution is -2.33. The molecule has 0 spiro atoms. The van der Waals surface area contributed by atoms with Gasteiger partial charge in [0, 0.05) is 17.0 Å². The van der Waals surface area contributed by atoms with Crippen LogP contribution in [0.4, 0.5) is 13.2 Å². The van der Waals surface area contributed by atoms with Gasteiger partial charge in [0.1, 0.15) is 5.75 Å². The first-order valence-electron chi connectivity index (χ1n) is 7.27. The van der Waals surface area contributed by atoms with Crippen LogP contribution in [-0.2, 0) is 13.0 Å². The Bertz CT molecular complexity index is 657. The van der Waals surface area contributed by atoms with E-state index in [4.69, 9.17) is 10.5 Å². The number of halogens is 3. The monoisotopic (exact) mass is 357 g/mol. The van der Waals surface area contributed by atoms with Crippen molar-refractivity contribution < 1.29 is 17.9 Å². The fourth-order valence-electron chi connectivity index (χ4n) is 1.93. The molecule has 24 heavy (non-hydrogen) atoms.